The fourth-order valence-electron chi connectivity index (χ4n) is 3.45. The number of aromatic nitrogens is 1. The van der Waals surface area contributed by atoms with Crippen LogP contribution in [0.5, 0.6) is 0 Å². The molecule has 0 radical (unpaired) electrons. The van der Waals surface area contributed by atoms with E-state index in [-0.39, 0.29) is 11.6 Å². The summed E-state index contributed by atoms with van der Waals surface area (Å²) in [5.41, 5.74) is 2.67. The second kappa shape index (κ2) is 7.17. The van der Waals surface area contributed by atoms with Gasteiger partial charge in [0.25, 0.3) is 6.01 Å². The van der Waals surface area contributed by atoms with Crippen molar-refractivity contribution in [2.75, 3.05) is 18.4 Å². The van der Waals surface area contributed by atoms with Gasteiger partial charge in [0.2, 0.25) is 0 Å². The average Bonchev–Trinajstić information content (AvgIpc) is 3.04. The number of hydrogen-bond donors (Lipinski definition) is 2. The maximum Gasteiger partial charge on any atom is 0.335 e. The summed E-state index contributed by atoms with van der Waals surface area (Å²) in [6.45, 7) is 2.95. The van der Waals surface area contributed by atoms with Crippen molar-refractivity contribution in [3.8, 4) is 0 Å². The van der Waals surface area contributed by atoms with Crippen LogP contribution in [0.25, 0.3) is 11.1 Å². The zero-order valence-electron chi connectivity index (χ0n) is 14.4. The van der Waals surface area contributed by atoms with Crippen LogP contribution in [-0.4, -0.2) is 40.1 Å². The molecule has 6 nitrogen and oxygen atoms in total. The van der Waals surface area contributed by atoms with Gasteiger partial charge in [0, 0.05) is 19.1 Å². The van der Waals surface area contributed by atoms with E-state index < -0.39 is 5.97 Å². The van der Waals surface area contributed by atoms with Crippen LogP contribution in [0.15, 0.2) is 52.9 Å². The normalized spacial score (nSPS) is 18.1. The van der Waals surface area contributed by atoms with Crippen LogP contribution >= 0.6 is 0 Å². The third-order valence-corrected chi connectivity index (χ3v) is 4.72. The monoisotopic (exact) mass is 351 g/mol. The minimum atomic E-state index is -0.971. The standard InChI is InChI=1S/C20H21N3O3/c24-19(25)15-8-9-17-18(11-15)26-20(22-17)21-16-7-4-10-23(13-16)12-14-5-2-1-3-6-14/h1-3,5-6,8-9,11,16H,4,7,10,12-13H2,(H,21,22)(H,24,25). The largest absolute Gasteiger partial charge is 0.478 e. The number of carboxylic acid groups (broad SMARTS) is 1. The Hall–Kier alpha value is -2.86. The Morgan fingerprint density at radius 2 is 2.12 bits per heavy atom. The van der Waals surface area contributed by atoms with E-state index in [0.29, 0.717) is 17.1 Å². The van der Waals surface area contributed by atoms with Crippen LogP contribution in [-0.2, 0) is 6.54 Å². The van der Waals surface area contributed by atoms with Crippen molar-refractivity contribution in [2.45, 2.75) is 25.4 Å². The smallest absolute Gasteiger partial charge is 0.335 e. The molecule has 6 heteroatoms. The molecular formula is C20H21N3O3. The first kappa shape index (κ1) is 16.6. The Bertz CT molecular complexity index is 907. The second-order valence-electron chi connectivity index (χ2n) is 6.71. The Kier molecular flexibility index (Phi) is 4.58. The van der Waals surface area contributed by atoms with Gasteiger partial charge in [-0.1, -0.05) is 30.3 Å². The molecule has 1 aliphatic heterocycles. The molecule has 2 heterocycles. The molecule has 0 saturated carbocycles. The van der Waals surface area contributed by atoms with E-state index in [9.17, 15) is 4.79 Å². The number of fused-ring (bicyclic) bond motifs is 1. The average molecular weight is 351 g/mol. The number of oxazole rings is 1. The molecule has 1 saturated heterocycles. The number of rotatable bonds is 5. The molecule has 1 aliphatic rings. The van der Waals surface area contributed by atoms with Gasteiger partial charge in [0.1, 0.15) is 5.52 Å². The summed E-state index contributed by atoms with van der Waals surface area (Å²) < 4.78 is 5.71. The third-order valence-electron chi connectivity index (χ3n) is 4.72. The Labute approximate surface area is 151 Å². The van der Waals surface area contributed by atoms with Gasteiger partial charge in [-0.05, 0) is 43.1 Å². The highest BCUT2D eigenvalue weighted by Gasteiger charge is 2.21. The minimum Gasteiger partial charge on any atom is -0.478 e. The maximum absolute atomic E-state index is 11.1. The van der Waals surface area contributed by atoms with Crippen molar-refractivity contribution >= 4 is 23.1 Å². The summed E-state index contributed by atoms with van der Waals surface area (Å²) >= 11 is 0. The molecule has 0 bridgehead atoms. The molecule has 1 unspecified atom stereocenters. The molecular weight excluding hydrogens is 330 g/mol. The Morgan fingerprint density at radius 3 is 2.92 bits per heavy atom. The van der Waals surface area contributed by atoms with Gasteiger partial charge in [-0.25, -0.2) is 4.79 Å². The quantitative estimate of drug-likeness (QED) is 0.731. The lowest BCUT2D eigenvalue weighted by atomic mass is 10.0. The summed E-state index contributed by atoms with van der Waals surface area (Å²) in [5.74, 6) is -0.971. The molecule has 4 rings (SSSR count). The number of carbonyl (C=O) groups is 1. The van der Waals surface area contributed by atoms with Crippen LogP contribution < -0.4 is 5.32 Å². The van der Waals surface area contributed by atoms with Gasteiger partial charge < -0.3 is 14.8 Å². The number of nitrogens with zero attached hydrogens (tertiary/aromatic N) is 2. The van der Waals surface area contributed by atoms with E-state index in [2.05, 4.69) is 39.5 Å². The second-order valence-corrected chi connectivity index (χ2v) is 6.71. The number of benzene rings is 2. The summed E-state index contributed by atoms with van der Waals surface area (Å²) in [4.78, 5) is 17.9. The van der Waals surface area contributed by atoms with E-state index in [1.165, 1.54) is 11.6 Å². The number of nitrogens with one attached hydrogen (secondary N) is 1. The number of hydrogen-bond acceptors (Lipinski definition) is 5. The third kappa shape index (κ3) is 3.70. The first-order valence-electron chi connectivity index (χ1n) is 8.84. The molecule has 1 atom stereocenters. The van der Waals surface area contributed by atoms with Crippen molar-refractivity contribution in [1.29, 1.82) is 0 Å². The molecule has 134 valence electrons. The van der Waals surface area contributed by atoms with Crippen molar-refractivity contribution < 1.29 is 14.3 Å². The van der Waals surface area contributed by atoms with E-state index in [1.54, 1.807) is 12.1 Å². The van der Waals surface area contributed by atoms with Crippen LogP contribution in [0.2, 0.25) is 0 Å². The topological polar surface area (TPSA) is 78.6 Å². The van der Waals surface area contributed by atoms with Crippen LogP contribution in [0.3, 0.4) is 0 Å². The first-order valence-corrected chi connectivity index (χ1v) is 8.84. The van der Waals surface area contributed by atoms with E-state index >= 15 is 0 Å². The highest BCUT2D eigenvalue weighted by atomic mass is 16.4. The van der Waals surface area contributed by atoms with E-state index in [1.807, 2.05) is 6.07 Å². The summed E-state index contributed by atoms with van der Waals surface area (Å²) in [7, 11) is 0. The summed E-state index contributed by atoms with van der Waals surface area (Å²) in [6.07, 6.45) is 2.18. The summed E-state index contributed by atoms with van der Waals surface area (Å²) in [5, 5.41) is 12.4. The highest BCUT2D eigenvalue weighted by Crippen LogP contribution is 2.23. The first-order chi connectivity index (χ1) is 12.7. The van der Waals surface area contributed by atoms with Gasteiger partial charge in [-0.2, -0.15) is 4.98 Å². The fraction of sp³-hybridized carbons (Fsp3) is 0.300. The van der Waals surface area contributed by atoms with Gasteiger partial charge >= 0.3 is 5.97 Å². The Balaban J connectivity index is 1.43. The maximum atomic E-state index is 11.1. The van der Waals surface area contributed by atoms with E-state index in [4.69, 9.17) is 9.52 Å². The zero-order chi connectivity index (χ0) is 17.9. The van der Waals surface area contributed by atoms with Crippen LogP contribution in [0.1, 0.15) is 28.8 Å². The SMILES string of the molecule is O=C(O)c1ccc2nc(NC3CCCN(Cc4ccccc4)C3)oc2c1. The predicted octanol–water partition coefficient (Wildman–Crippen LogP) is 3.60. The number of aromatic carboxylic acids is 1. The van der Waals surface area contributed by atoms with Crippen molar-refractivity contribution in [3.63, 3.8) is 0 Å². The lowest BCUT2D eigenvalue weighted by Gasteiger charge is -2.32. The van der Waals surface area contributed by atoms with Gasteiger partial charge in [-0.3, -0.25) is 4.90 Å². The predicted molar refractivity (Wildman–Crippen MR) is 99.3 cm³/mol. The number of piperidine rings is 1. The van der Waals surface area contributed by atoms with Crippen LogP contribution in [0, 0.1) is 0 Å². The molecule has 2 N–H and O–H groups in total. The Morgan fingerprint density at radius 1 is 1.27 bits per heavy atom. The minimum absolute atomic E-state index is 0.201. The van der Waals surface area contributed by atoms with Crippen molar-refractivity contribution in [2.24, 2.45) is 0 Å². The fourth-order valence-corrected chi connectivity index (χ4v) is 3.45. The molecule has 0 amide bonds. The highest BCUT2D eigenvalue weighted by molar-refractivity contribution is 5.92. The lowest BCUT2D eigenvalue weighted by Crippen LogP contribution is -2.41. The molecule has 1 aromatic heterocycles. The number of anilines is 1. The van der Waals surface area contributed by atoms with Crippen LogP contribution in [0.4, 0.5) is 6.01 Å². The van der Waals surface area contributed by atoms with Gasteiger partial charge in [-0.15, -0.1) is 0 Å². The van der Waals surface area contributed by atoms with Gasteiger partial charge in [0.15, 0.2) is 5.58 Å². The molecule has 0 aliphatic carbocycles. The molecule has 1 fully saturated rings. The molecule has 26 heavy (non-hydrogen) atoms. The molecule has 3 aromatic rings. The van der Waals surface area contributed by atoms with Crippen molar-refractivity contribution in [3.05, 3.63) is 59.7 Å². The van der Waals surface area contributed by atoms with Gasteiger partial charge in [0.05, 0.1) is 5.56 Å². The van der Waals surface area contributed by atoms with E-state index in [0.717, 1.165) is 32.5 Å². The zero-order valence-corrected chi connectivity index (χ0v) is 14.4. The summed E-state index contributed by atoms with van der Waals surface area (Å²) in [6, 6.07) is 15.9. The molecule has 2 aromatic carbocycles. The lowest BCUT2D eigenvalue weighted by molar-refractivity contribution is 0.0697. The molecule has 0 spiro atoms. The number of carboxylic acids is 1. The number of likely N-dealkylation sites (tertiary alicyclic amines) is 1. The van der Waals surface area contributed by atoms with Crippen molar-refractivity contribution in [1.82, 2.24) is 9.88 Å².